The average molecular weight is 490 g/mol. The first-order valence-electron chi connectivity index (χ1n) is 10.7. The summed E-state index contributed by atoms with van der Waals surface area (Å²) < 4.78 is 0. The maximum Gasteiger partial charge on any atom is 0.305 e. The molecule has 33 heavy (non-hydrogen) atoms. The maximum atomic E-state index is 12.6. The van der Waals surface area contributed by atoms with Crippen LogP contribution in [-0.4, -0.2) is 27.8 Å². The fraction of sp³-hybridized carbons (Fsp3) is 0.333. The summed E-state index contributed by atoms with van der Waals surface area (Å²) in [6.45, 7) is 2.07. The molecule has 3 rings (SSSR count). The summed E-state index contributed by atoms with van der Waals surface area (Å²) in [4.78, 5) is 40.2. The number of anilines is 1. The lowest BCUT2D eigenvalue weighted by Crippen LogP contribution is -2.24. The van der Waals surface area contributed by atoms with E-state index in [0.29, 0.717) is 24.9 Å². The van der Waals surface area contributed by atoms with E-state index in [1.54, 1.807) is 24.3 Å². The molecule has 9 heteroatoms. The van der Waals surface area contributed by atoms with E-state index < -0.39 is 17.9 Å². The van der Waals surface area contributed by atoms with Crippen molar-refractivity contribution in [3.05, 3.63) is 69.1 Å². The molecule has 1 heterocycles. The highest BCUT2D eigenvalue weighted by atomic mass is 35.5. The number of unbranched alkanes of at least 4 members (excludes halogenated alkanes) is 1. The van der Waals surface area contributed by atoms with E-state index >= 15 is 0 Å². The van der Waals surface area contributed by atoms with Crippen LogP contribution in [0.3, 0.4) is 0 Å². The van der Waals surface area contributed by atoms with E-state index in [2.05, 4.69) is 22.5 Å². The number of carbonyl (C=O) groups is 3. The van der Waals surface area contributed by atoms with Crippen molar-refractivity contribution in [2.24, 2.45) is 0 Å². The lowest BCUT2D eigenvalue weighted by Gasteiger charge is -2.21. The Labute approximate surface area is 202 Å². The quantitative estimate of drug-likeness (QED) is 0.403. The number of hydrogen-bond donors (Lipinski definition) is 3. The monoisotopic (exact) mass is 489 g/mol. The van der Waals surface area contributed by atoms with Gasteiger partial charge in [-0.1, -0.05) is 48.7 Å². The van der Waals surface area contributed by atoms with Crippen LogP contribution >= 0.6 is 23.2 Å². The zero-order valence-electron chi connectivity index (χ0n) is 18.2. The standard InChI is InChI=1S/C24H25Cl2N3O4/c1-2-3-4-16-19(9-10-21(16)30)29-20(11-22(31)32)14-5-7-15(8-6-14)28-24(33)23-17(25)12-27-13-18(23)26/h5-8,12-13,20,29H,2-4,9-11H2,1H3,(H,28,33)(H,31,32). The van der Waals surface area contributed by atoms with Gasteiger partial charge < -0.3 is 15.7 Å². The molecule has 1 amide bonds. The summed E-state index contributed by atoms with van der Waals surface area (Å²) in [7, 11) is 0. The molecular weight excluding hydrogens is 465 g/mol. The van der Waals surface area contributed by atoms with Crippen molar-refractivity contribution in [1.82, 2.24) is 10.3 Å². The van der Waals surface area contributed by atoms with E-state index in [9.17, 15) is 19.5 Å². The van der Waals surface area contributed by atoms with Gasteiger partial charge in [-0.2, -0.15) is 0 Å². The van der Waals surface area contributed by atoms with E-state index in [-0.39, 0.29) is 27.8 Å². The SMILES string of the molecule is CCCCC1=C(NC(CC(=O)O)c2ccc(NC(=O)c3c(Cl)cncc3Cl)cc2)CCC1=O. The molecule has 1 aliphatic carbocycles. The van der Waals surface area contributed by atoms with E-state index in [1.807, 2.05) is 0 Å². The number of pyridine rings is 1. The van der Waals surface area contributed by atoms with Crippen LogP contribution in [0.5, 0.6) is 0 Å². The molecule has 1 aromatic heterocycles. The van der Waals surface area contributed by atoms with Crippen molar-refractivity contribution in [2.75, 3.05) is 5.32 Å². The molecule has 0 spiro atoms. The fourth-order valence-electron chi connectivity index (χ4n) is 3.77. The number of benzene rings is 1. The van der Waals surface area contributed by atoms with Crippen LogP contribution in [0.1, 0.15) is 67.4 Å². The fourth-order valence-corrected chi connectivity index (χ4v) is 4.31. The molecule has 0 saturated carbocycles. The molecule has 2 aromatic rings. The molecule has 0 aliphatic heterocycles. The molecule has 1 unspecified atom stereocenters. The summed E-state index contributed by atoms with van der Waals surface area (Å²) in [5.41, 5.74) is 2.97. The van der Waals surface area contributed by atoms with Gasteiger partial charge in [-0.15, -0.1) is 0 Å². The number of Topliss-reactive ketones (excluding diaryl/α,β-unsaturated/α-hetero) is 1. The lowest BCUT2D eigenvalue weighted by atomic mass is 10.0. The largest absolute Gasteiger partial charge is 0.481 e. The van der Waals surface area contributed by atoms with Crippen molar-refractivity contribution in [1.29, 1.82) is 0 Å². The smallest absolute Gasteiger partial charge is 0.305 e. The number of carboxylic acids is 1. The molecular formula is C24H25Cl2N3O4. The second-order valence-corrected chi connectivity index (χ2v) is 8.65. The van der Waals surface area contributed by atoms with Crippen LogP contribution in [0, 0.1) is 0 Å². The van der Waals surface area contributed by atoms with Crippen LogP contribution in [0.4, 0.5) is 5.69 Å². The molecule has 0 radical (unpaired) electrons. The number of rotatable bonds is 10. The zero-order valence-corrected chi connectivity index (χ0v) is 19.7. The second-order valence-electron chi connectivity index (χ2n) is 7.83. The van der Waals surface area contributed by atoms with Crippen LogP contribution in [0.25, 0.3) is 0 Å². The molecule has 0 fully saturated rings. The second kappa shape index (κ2) is 11.3. The van der Waals surface area contributed by atoms with Crippen molar-refractivity contribution in [3.63, 3.8) is 0 Å². The van der Waals surface area contributed by atoms with E-state index in [1.165, 1.54) is 12.4 Å². The third-order valence-corrected chi connectivity index (χ3v) is 6.04. The Bertz CT molecular complexity index is 1060. The summed E-state index contributed by atoms with van der Waals surface area (Å²) in [5, 5.41) is 15.7. The first-order chi connectivity index (χ1) is 15.8. The third kappa shape index (κ3) is 6.33. The van der Waals surface area contributed by atoms with Crippen molar-refractivity contribution in [2.45, 2.75) is 51.5 Å². The number of carbonyl (C=O) groups excluding carboxylic acids is 2. The topological polar surface area (TPSA) is 108 Å². The lowest BCUT2D eigenvalue weighted by molar-refractivity contribution is -0.137. The Morgan fingerprint density at radius 1 is 1.12 bits per heavy atom. The highest BCUT2D eigenvalue weighted by molar-refractivity contribution is 6.40. The highest BCUT2D eigenvalue weighted by Crippen LogP contribution is 2.30. The predicted molar refractivity (Wildman–Crippen MR) is 128 cm³/mol. The summed E-state index contributed by atoms with van der Waals surface area (Å²) >= 11 is 12.1. The molecule has 1 aliphatic rings. The normalized spacial score (nSPS) is 14.3. The number of aliphatic carboxylic acids is 1. The van der Waals surface area contributed by atoms with Crippen LogP contribution in [0.15, 0.2) is 47.9 Å². The van der Waals surface area contributed by atoms with Gasteiger partial charge >= 0.3 is 5.97 Å². The van der Waals surface area contributed by atoms with Gasteiger partial charge in [0.2, 0.25) is 0 Å². The van der Waals surface area contributed by atoms with E-state index in [4.69, 9.17) is 23.2 Å². The van der Waals surface area contributed by atoms with Gasteiger partial charge in [-0.25, -0.2) is 0 Å². The van der Waals surface area contributed by atoms with Gasteiger partial charge in [0.05, 0.1) is 28.1 Å². The Balaban J connectivity index is 1.78. The number of carboxylic acid groups (broad SMARTS) is 1. The maximum absolute atomic E-state index is 12.6. The Hall–Kier alpha value is -2.90. The summed E-state index contributed by atoms with van der Waals surface area (Å²) in [5.74, 6) is -1.30. The number of allylic oxidation sites excluding steroid dienone is 2. The molecule has 0 saturated heterocycles. The van der Waals surface area contributed by atoms with Gasteiger partial charge in [0.25, 0.3) is 5.91 Å². The molecule has 1 atom stereocenters. The van der Waals surface area contributed by atoms with Gasteiger partial charge in [0, 0.05) is 35.8 Å². The molecule has 7 nitrogen and oxygen atoms in total. The first kappa shape index (κ1) is 24.7. The number of nitrogens with one attached hydrogen (secondary N) is 2. The summed E-state index contributed by atoms with van der Waals surface area (Å²) in [6, 6.07) is 6.34. The Morgan fingerprint density at radius 3 is 2.39 bits per heavy atom. The summed E-state index contributed by atoms with van der Waals surface area (Å²) in [6.07, 6.45) is 6.16. The van der Waals surface area contributed by atoms with Crippen LogP contribution in [-0.2, 0) is 9.59 Å². The van der Waals surface area contributed by atoms with Crippen molar-refractivity contribution in [3.8, 4) is 0 Å². The van der Waals surface area contributed by atoms with Crippen molar-refractivity contribution >= 4 is 46.5 Å². The molecule has 174 valence electrons. The number of nitrogens with zero attached hydrogens (tertiary/aromatic N) is 1. The highest BCUT2D eigenvalue weighted by Gasteiger charge is 2.26. The van der Waals surface area contributed by atoms with Gasteiger partial charge in [-0.3, -0.25) is 19.4 Å². The molecule has 1 aromatic carbocycles. The minimum atomic E-state index is -0.952. The Morgan fingerprint density at radius 2 is 1.79 bits per heavy atom. The Kier molecular flexibility index (Phi) is 8.47. The van der Waals surface area contributed by atoms with E-state index in [0.717, 1.165) is 29.7 Å². The van der Waals surface area contributed by atoms with Crippen molar-refractivity contribution < 1.29 is 19.5 Å². The molecule has 0 bridgehead atoms. The number of amides is 1. The number of aromatic nitrogens is 1. The van der Waals surface area contributed by atoms with Crippen LogP contribution in [0.2, 0.25) is 10.0 Å². The van der Waals surface area contributed by atoms with Crippen LogP contribution < -0.4 is 10.6 Å². The number of hydrogen-bond acceptors (Lipinski definition) is 5. The number of ketones is 1. The first-order valence-corrected chi connectivity index (χ1v) is 11.5. The van der Waals surface area contributed by atoms with Gasteiger partial charge in [0.15, 0.2) is 5.78 Å². The zero-order chi connectivity index (χ0) is 24.0. The third-order valence-electron chi connectivity index (χ3n) is 5.46. The van der Waals surface area contributed by atoms with Gasteiger partial charge in [-0.05, 0) is 37.0 Å². The average Bonchev–Trinajstić information content (AvgIpc) is 3.11. The van der Waals surface area contributed by atoms with Gasteiger partial charge in [0.1, 0.15) is 0 Å². The predicted octanol–water partition coefficient (Wildman–Crippen LogP) is 5.55. The number of halogens is 2. The molecule has 3 N–H and O–H groups in total. The minimum absolute atomic E-state index is 0.125. The minimum Gasteiger partial charge on any atom is -0.481 e.